The number of hydrogen-bond acceptors (Lipinski definition) is 4. The molecule has 0 bridgehead atoms. The van der Waals surface area contributed by atoms with Crippen molar-refractivity contribution in [3.8, 4) is 0 Å². The average Bonchev–Trinajstić information content (AvgIpc) is 2.65. The van der Waals surface area contributed by atoms with Crippen molar-refractivity contribution in [1.29, 1.82) is 0 Å². The second kappa shape index (κ2) is 5.66. The third-order valence-electron chi connectivity index (χ3n) is 4.15. The summed E-state index contributed by atoms with van der Waals surface area (Å²) >= 11 is 0. The van der Waals surface area contributed by atoms with Gasteiger partial charge in [0.25, 0.3) is 0 Å². The average molecular weight is 286 g/mol. The lowest BCUT2D eigenvalue weighted by Crippen LogP contribution is -2.41. The minimum atomic E-state index is -0.373. The number of hydrogen-bond donors (Lipinski definition) is 1. The highest BCUT2D eigenvalue weighted by Gasteiger charge is 2.51. The molecule has 2 N–H and O–H groups in total. The van der Waals surface area contributed by atoms with Crippen molar-refractivity contribution in [1.82, 2.24) is 0 Å². The summed E-state index contributed by atoms with van der Waals surface area (Å²) < 4.78 is 12.1. The van der Waals surface area contributed by atoms with Crippen LogP contribution in [0.1, 0.15) is 33.3 Å². The van der Waals surface area contributed by atoms with Crippen LogP contribution < -0.4 is 11.2 Å². The molecule has 0 radical (unpaired) electrons. The normalized spacial score (nSPS) is 21.2. The predicted octanol–water partition coefficient (Wildman–Crippen LogP) is 1.99. The number of rotatable bonds is 3. The van der Waals surface area contributed by atoms with Gasteiger partial charge in [0, 0.05) is 19.0 Å². The van der Waals surface area contributed by atoms with Gasteiger partial charge in [-0.15, -0.1) is 0 Å². The Morgan fingerprint density at radius 2 is 1.81 bits per heavy atom. The maximum atomic E-state index is 6.06. The quantitative estimate of drug-likeness (QED) is 0.683. The molecule has 2 rings (SSSR count). The molecule has 0 spiro atoms. The summed E-state index contributed by atoms with van der Waals surface area (Å²) in [6.45, 7) is 8.18. The van der Waals surface area contributed by atoms with Crippen LogP contribution in [0.3, 0.4) is 0 Å². The van der Waals surface area contributed by atoms with E-state index in [9.17, 15) is 0 Å². The molecule has 1 aliphatic heterocycles. The Labute approximate surface area is 127 Å². The van der Waals surface area contributed by atoms with E-state index in [-0.39, 0.29) is 18.3 Å². The van der Waals surface area contributed by atoms with Gasteiger partial charge in [-0.3, -0.25) is 4.99 Å². The molecule has 0 aromatic heterocycles. The van der Waals surface area contributed by atoms with Gasteiger partial charge in [0.2, 0.25) is 0 Å². The molecule has 1 aliphatic rings. The largest absolute Gasteiger partial charge is 0.494 e. The van der Waals surface area contributed by atoms with Gasteiger partial charge >= 0.3 is 7.12 Å². The third-order valence-corrected chi connectivity index (χ3v) is 4.15. The fourth-order valence-corrected chi connectivity index (χ4v) is 2.10. The zero-order valence-electron chi connectivity index (χ0n) is 13.4. The molecule has 1 saturated heterocycles. The summed E-state index contributed by atoms with van der Waals surface area (Å²) in [4.78, 5) is 3.91. The van der Waals surface area contributed by atoms with E-state index in [1.807, 2.05) is 52.0 Å². The van der Waals surface area contributed by atoms with Crippen LogP contribution in [0.5, 0.6) is 0 Å². The van der Waals surface area contributed by atoms with Crippen molar-refractivity contribution in [2.45, 2.75) is 38.9 Å². The van der Waals surface area contributed by atoms with Crippen molar-refractivity contribution < 1.29 is 9.31 Å². The summed E-state index contributed by atoms with van der Waals surface area (Å²) in [7, 11) is 1.34. The summed E-state index contributed by atoms with van der Waals surface area (Å²) in [5.74, 6) is 0. The van der Waals surface area contributed by atoms with E-state index in [1.165, 1.54) is 0 Å². The van der Waals surface area contributed by atoms with Crippen LogP contribution in [0.2, 0.25) is 0 Å². The van der Waals surface area contributed by atoms with Crippen LogP contribution in [0.25, 0.3) is 5.70 Å². The molecule has 1 aromatic carbocycles. The van der Waals surface area contributed by atoms with Crippen LogP contribution >= 0.6 is 0 Å². The first-order chi connectivity index (χ1) is 9.77. The SMILES string of the molecule is CN=C/C=C(\N)c1cccc(B2OC(C)(C)C(C)(C)O2)c1. The van der Waals surface area contributed by atoms with Crippen molar-refractivity contribution in [3.63, 3.8) is 0 Å². The molecule has 21 heavy (non-hydrogen) atoms. The van der Waals surface area contributed by atoms with Gasteiger partial charge in [0.15, 0.2) is 0 Å². The first-order valence-electron chi connectivity index (χ1n) is 7.11. The monoisotopic (exact) mass is 286 g/mol. The molecule has 0 atom stereocenters. The Balaban J connectivity index is 2.27. The maximum absolute atomic E-state index is 6.06. The highest BCUT2D eigenvalue weighted by molar-refractivity contribution is 6.62. The molecule has 5 heteroatoms. The minimum Gasteiger partial charge on any atom is -0.399 e. The van der Waals surface area contributed by atoms with Gasteiger partial charge in [0.1, 0.15) is 0 Å². The highest BCUT2D eigenvalue weighted by atomic mass is 16.7. The zero-order valence-corrected chi connectivity index (χ0v) is 13.4. The van der Waals surface area contributed by atoms with Gasteiger partial charge in [0.05, 0.1) is 11.2 Å². The summed E-state index contributed by atoms with van der Waals surface area (Å²) in [6.07, 6.45) is 3.46. The summed E-state index contributed by atoms with van der Waals surface area (Å²) in [5.41, 5.74) is 7.92. The van der Waals surface area contributed by atoms with Crippen molar-refractivity contribution in [3.05, 3.63) is 35.9 Å². The zero-order chi connectivity index (χ0) is 15.7. The Morgan fingerprint density at radius 3 is 2.38 bits per heavy atom. The number of nitrogens with two attached hydrogens (primary N) is 1. The van der Waals surface area contributed by atoms with Crippen molar-refractivity contribution in [2.24, 2.45) is 10.7 Å². The van der Waals surface area contributed by atoms with Crippen LogP contribution in [0, 0.1) is 0 Å². The molecule has 112 valence electrons. The minimum absolute atomic E-state index is 0.343. The molecule has 4 nitrogen and oxygen atoms in total. The Kier molecular flexibility index (Phi) is 4.26. The second-order valence-corrected chi connectivity index (χ2v) is 6.24. The molecule has 1 fully saturated rings. The van der Waals surface area contributed by atoms with Gasteiger partial charge in [-0.25, -0.2) is 0 Å². The van der Waals surface area contributed by atoms with E-state index >= 15 is 0 Å². The summed E-state index contributed by atoms with van der Waals surface area (Å²) in [5, 5.41) is 0. The Hall–Kier alpha value is -1.59. The fraction of sp³-hybridized carbons (Fsp3) is 0.438. The van der Waals surface area contributed by atoms with Crippen LogP contribution in [0.4, 0.5) is 0 Å². The van der Waals surface area contributed by atoms with E-state index in [4.69, 9.17) is 15.0 Å². The van der Waals surface area contributed by atoms with E-state index in [0.717, 1.165) is 11.0 Å². The summed E-state index contributed by atoms with van der Waals surface area (Å²) in [6, 6.07) is 7.91. The van der Waals surface area contributed by atoms with Crippen molar-refractivity contribution >= 4 is 24.5 Å². The number of benzene rings is 1. The molecular formula is C16H23BN2O2. The van der Waals surface area contributed by atoms with E-state index in [1.54, 1.807) is 19.3 Å². The molecule has 0 saturated carbocycles. The molecule has 1 aromatic rings. The predicted molar refractivity (Wildman–Crippen MR) is 88.7 cm³/mol. The molecular weight excluding hydrogens is 263 g/mol. The van der Waals surface area contributed by atoms with Crippen molar-refractivity contribution in [2.75, 3.05) is 7.05 Å². The maximum Gasteiger partial charge on any atom is 0.494 e. The van der Waals surface area contributed by atoms with Crippen LogP contribution in [0.15, 0.2) is 35.3 Å². The number of allylic oxidation sites excluding steroid dienone is 1. The second-order valence-electron chi connectivity index (χ2n) is 6.24. The number of aliphatic imine (C=N–C) groups is 1. The van der Waals surface area contributed by atoms with Gasteiger partial charge < -0.3 is 15.0 Å². The molecule has 0 amide bonds. The lowest BCUT2D eigenvalue weighted by atomic mass is 9.78. The molecule has 0 aliphatic carbocycles. The van der Waals surface area contributed by atoms with E-state index in [0.29, 0.717) is 5.70 Å². The van der Waals surface area contributed by atoms with Crippen LogP contribution in [-0.2, 0) is 9.31 Å². The highest BCUT2D eigenvalue weighted by Crippen LogP contribution is 2.36. The lowest BCUT2D eigenvalue weighted by molar-refractivity contribution is 0.00578. The lowest BCUT2D eigenvalue weighted by Gasteiger charge is -2.32. The fourth-order valence-electron chi connectivity index (χ4n) is 2.10. The molecule has 1 heterocycles. The molecule has 0 unspecified atom stereocenters. The smallest absolute Gasteiger partial charge is 0.399 e. The third kappa shape index (κ3) is 3.19. The van der Waals surface area contributed by atoms with Gasteiger partial charge in [-0.1, -0.05) is 24.3 Å². The first-order valence-corrected chi connectivity index (χ1v) is 7.11. The van der Waals surface area contributed by atoms with Gasteiger partial charge in [-0.2, -0.15) is 0 Å². The first kappa shape index (κ1) is 15.8. The Morgan fingerprint density at radius 1 is 1.19 bits per heavy atom. The van der Waals surface area contributed by atoms with Crippen LogP contribution in [-0.4, -0.2) is 31.6 Å². The van der Waals surface area contributed by atoms with E-state index in [2.05, 4.69) is 4.99 Å². The van der Waals surface area contributed by atoms with E-state index < -0.39 is 0 Å². The number of nitrogens with zero attached hydrogens (tertiary/aromatic N) is 1. The standard InChI is InChI=1S/C16H23BN2O2/c1-15(2)16(3,4)21-17(20-15)13-8-6-7-12(11-13)14(18)9-10-19-5/h6-11H,18H2,1-5H3/b14-9-,19-10?. The van der Waals surface area contributed by atoms with Gasteiger partial charge in [-0.05, 0) is 44.8 Å². The topological polar surface area (TPSA) is 56.8 Å². The Bertz CT molecular complexity index is 563.